The Bertz CT molecular complexity index is 376. The van der Waals surface area contributed by atoms with Gasteiger partial charge in [0.15, 0.2) is 0 Å². The van der Waals surface area contributed by atoms with Crippen molar-refractivity contribution in [1.29, 1.82) is 0 Å². The monoisotopic (exact) mass is 298 g/mol. The Morgan fingerprint density at radius 1 is 1.29 bits per heavy atom. The molecular formula is C16H30N2O3. The number of nitrogens with zero attached hydrogens (tertiary/aromatic N) is 1. The second-order valence-electron chi connectivity index (χ2n) is 7.29. The maximum atomic E-state index is 12.7. The molecule has 2 fully saturated rings. The van der Waals surface area contributed by atoms with Gasteiger partial charge in [-0.2, -0.15) is 0 Å². The number of amides is 1. The first-order chi connectivity index (χ1) is 9.75. The second kappa shape index (κ2) is 6.23. The van der Waals surface area contributed by atoms with Crippen LogP contribution in [-0.4, -0.2) is 60.4 Å². The van der Waals surface area contributed by atoms with Gasteiger partial charge in [0.1, 0.15) is 0 Å². The van der Waals surface area contributed by atoms with E-state index in [1.165, 1.54) is 0 Å². The van der Waals surface area contributed by atoms with Crippen molar-refractivity contribution in [3.63, 3.8) is 0 Å². The van der Waals surface area contributed by atoms with E-state index in [9.17, 15) is 4.79 Å². The lowest BCUT2D eigenvalue weighted by Crippen LogP contribution is -2.55. The van der Waals surface area contributed by atoms with Gasteiger partial charge < -0.3 is 19.7 Å². The van der Waals surface area contributed by atoms with Crippen LogP contribution >= 0.6 is 0 Å². The van der Waals surface area contributed by atoms with Gasteiger partial charge in [0.25, 0.3) is 0 Å². The number of carbonyl (C=O) groups excluding carboxylic acids is 1. The number of rotatable bonds is 4. The molecule has 2 heterocycles. The van der Waals surface area contributed by atoms with Gasteiger partial charge in [-0.1, -0.05) is 6.92 Å². The van der Waals surface area contributed by atoms with Crippen molar-refractivity contribution in [2.45, 2.75) is 70.7 Å². The third-order valence-corrected chi connectivity index (χ3v) is 4.51. The van der Waals surface area contributed by atoms with E-state index in [2.05, 4.69) is 39.9 Å². The van der Waals surface area contributed by atoms with Crippen LogP contribution in [0.5, 0.6) is 0 Å². The number of morpholine rings is 1. The van der Waals surface area contributed by atoms with Crippen molar-refractivity contribution in [3.05, 3.63) is 0 Å². The van der Waals surface area contributed by atoms with Crippen LogP contribution in [0.1, 0.15) is 47.5 Å². The van der Waals surface area contributed by atoms with E-state index in [0.29, 0.717) is 26.3 Å². The minimum Gasteiger partial charge on any atom is -0.378 e. The highest BCUT2D eigenvalue weighted by Gasteiger charge is 2.46. The fourth-order valence-electron chi connectivity index (χ4n) is 3.43. The van der Waals surface area contributed by atoms with Crippen LogP contribution in [0.15, 0.2) is 0 Å². The van der Waals surface area contributed by atoms with Gasteiger partial charge in [0.2, 0.25) is 5.91 Å². The zero-order chi connectivity index (χ0) is 15.7. The Balaban J connectivity index is 2.00. The molecule has 1 N–H and O–H groups in total. The Morgan fingerprint density at radius 3 is 2.38 bits per heavy atom. The third-order valence-electron chi connectivity index (χ3n) is 4.51. The van der Waals surface area contributed by atoms with Gasteiger partial charge in [-0.05, 0) is 40.5 Å². The topological polar surface area (TPSA) is 50.8 Å². The van der Waals surface area contributed by atoms with Crippen LogP contribution < -0.4 is 5.32 Å². The summed E-state index contributed by atoms with van der Waals surface area (Å²) in [6, 6.07) is 0.0623. The molecular weight excluding hydrogens is 268 g/mol. The first kappa shape index (κ1) is 16.7. The quantitative estimate of drug-likeness (QED) is 0.856. The van der Waals surface area contributed by atoms with Crippen LogP contribution in [-0.2, 0) is 14.3 Å². The zero-order valence-corrected chi connectivity index (χ0v) is 14.1. The highest BCUT2D eigenvalue weighted by molar-refractivity contribution is 5.82. The first-order valence-corrected chi connectivity index (χ1v) is 8.08. The molecule has 5 nitrogen and oxygen atoms in total. The van der Waals surface area contributed by atoms with E-state index < -0.39 is 0 Å². The summed E-state index contributed by atoms with van der Waals surface area (Å²) in [5, 5.41) is 3.55. The Kier molecular flexibility index (Phi) is 4.96. The number of nitrogens with one attached hydrogen (secondary N) is 1. The number of hydrogen-bond donors (Lipinski definition) is 1. The molecule has 5 heteroatoms. The molecule has 2 rings (SSSR count). The summed E-state index contributed by atoms with van der Waals surface area (Å²) in [7, 11) is 0. The van der Waals surface area contributed by atoms with Gasteiger partial charge in [-0.15, -0.1) is 0 Å². The molecule has 0 aromatic carbocycles. The Hall–Kier alpha value is -0.650. The highest BCUT2D eigenvalue weighted by atomic mass is 16.5. The molecule has 2 unspecified atom stereocenters. The maximum absolute atomic E-state index is 12.7. The molecule has 0 bridgehead atoms. The van der Waals surface area contributed by atoms with E-state index >= 15 is 0 Å². The van der Waals surface area contributed by atoms with Gasteiger partial charge in [-0.25, -0.2) is 0 Å². The van der Waals surface area contributed by atoms with Gasteiger partial charge in [-0.3, -0.25) is 4.79 Å². The average Bonchev–Trinajstić information content (AvgIpc) is 2.63. The molecule has 122 valence electrons. The lowest BCUT2D eigenvalue weighted by Gasteiger charge is -2.34. The van der Waals surface area contributed by atoms with Crippen molar-refractivity contribution in [2.24, 2.45) is 0 Å². The molecule has 21 heavy (non-hydrogen) atoms. The predicted molar refractivity (Wildman–Crippen MR) is 82.3 cm³/mol. The Labute approximate surface area is 128 Å². The molecule has 2 aliphatic rings. The molecule has 0 aliphatic carbocycles. The fraction of sp³-hybridized carbons (Fsp3) is 0.938. The van der Waals surface area contributed by atoms with Crippen LogP contribution in [0.4, 0.5) is 0 Å². The minimum absolute atomic E-state index is 0.134. The van der Waals surface area contributed by atoms with Crippen LogP contribution in [0.3, 0.4) is 0 Å². The molecule has 0 aromatic heterocycles. The van der Waals surface area contributed by atoms with E-state index in [4.69, 9.17) is 9.47 Å². The molecule has 0 aromatic rings. The summed E-state index contributed by atoms with van der Waals surface area (Å²) in [6.07, 6.45) is 1.72. The number of hydrogen-bond acceptors (Lipinski definition) is 4. The molecule has 1 amide bonds. The summed E-state index contributed by atoms with van der Waals surface area (Å²) in [6.45, 7) is 13.2. The molecule has 0 radical (unpaired) electrons. The standard InChI is InChI=1S/C16H30N2O3/c1-6-12(14(19)18-7-9-20-10-8-18)17-13-11-15(2,3)21-16(13,4)5/h12-13,17H,6-11H2,1-5H3. The summed E-state index contributed by atoms with van der Waals surface area (Å²) in [5.41, 5.74) is -0.385. The van der Waals surface area contributed by atoms with E-state index in [-0.39, 0.29) is 29.2 Å². The predicted octanol–water partition coefficient (Wildman–Crippen LogP) is 1.56. The SMILES string of the molecule is CCC(NC1CC(C)(C)OC1(C)C)C(=O)N1CCOCC1. The fourth-order valence-corrected chi connectivity index (χ4v) is 3.43. The van der Waals surface area contributed by atoms with Crippen molar-refractivity contribution in [3.8, 4) is 0 Å². The van der Waals surface area contributed by atoms with E-state index in [1.807, 2.05) is 4.90 Å². The normalized spacial score (nSPS) is 29.4. The molecule has 0 spiro atoms. The van der Waals surface area contributed by atoms with Crippen LogP contribution in [0.2, 0.25) is 0 Å². The van der Waals surface area contributed by atoms with Gasteiger partial charge >= 0.3 is 0 Å². The molecule has 2 aliphatic heterocycles. The number of carbonyl (C=O) groups is 1. The second-order valence-corrected chi connectivity index (χ2v) is 7.29. The lowest BCUT2D eigenvalue weighted by atomic mass is 9.93. The molecule has 0 saturated carbocycles. The minimum atomic E-state index is -0.248. The summed E-state index contributed by atoms with van der Waals surface area (Å²) < 4.78 is 11.4. The first-order valence-electron chi connectivity index (χ1n) is 8.08. The Morgan fingerprint density at radius 2 is 1.90 bits per heavy atom. The van der Waals surface area contributed by atoms with Crippen molar-refractivity contribution < 1.29 is 14.3 Å². The van der Waals surface area contributed by atoms with Gasteiger partial charge in [0.05, 0.1) is 30.5 Å². The zero-order valence-electron chi connectivity index (χ0n) is 14.1. The largest absolute Gasteiger partial charge is 0.378 e. The lowest BCUT2D eigenvalue weighted by molar-refractivity contribution is -0.138. The van der Waals surface area contributed by atoms with E-state index in [1.54, 1.807) is 0 Å². The maximum Gasteiger partial charge on any atom is 0.239 e. The smallest absolute Gasteiger partial charge is 0.239 e. The van der Waals surface area contributed by atoms with Crippen molar-refractivity contribution >= 4 is 5.91 Å². The highest BCUT2D eigenvalue weighted by Crippen LogP contribution is 2.37. The summed E-state index contributed by atoms with van der Waals surface area (Å²) in [5.74, 6) is 0.196. The summed E-state index contributed by atoms with van der Waals surface area (Å²) in [4.78, 5) is 14.6. The van der Waals surface area contributed by atoms with E-state index in [0.717, 1.165) is 12.8 Å². The van der Waals surface area contributed by atoms with Crippen LogP contribution in [0.25, 0.3) is 0 Å². The molecule has 2 saturated heterocycles. The third kappa shape index (κ3) is 3.96. The van der Waals surface area contributed by atoms with Crippen molar-refractivity contribution in [1.82, 2.24) is 10.2 Å². The van der Waals surface area contributed by atoms with Gasteiger partial charge in [0, 0.05) is 19.1 Å². The summed E-state index contributed by atoms with van der Waals surface area (Å²) >= 11 is 0. The van der Waals surface area contributed by atoms with Crippen LogP contribution in [0, 0.1) is 0 Å². The molecule has 2 atom stereocenters. The van der Waals surface area contributed by atoms with Crippen molar-refractivity contribution in [2.75, 3.05) is 26.3 Å². The average molecular weight is 298 g/mol. The number of ether oxygens (including phenoxy) is 2.